The maximum absolute atomic E-state index is 9.05. The number of fused-ring (bicyclic) bond motifs is 1. The Labute approximate surface area is 102 Å². The number of hydrogen-bond donors (Lipinski definition) is 1. The molecule has 88 valence electrons. The van der Waals surface area contributed by atoms with Gasteiger partial charge in [-0.3, -0.25) is 0 Å². The van der Waals surface area contributed by atoms with Gasteiger partial charge in [-0.2, -0.15) is 0 Å². The smallest absolute Gasteiger partial charge is 0.0610 e. The number of aliphatic hydroxyl groups excluding tert-OH is 1. The SMILES string of the molecule is C/C=C/C=C1/C=CN(CCO)c2ccccc21. The molecule has 0 fully saturated rings. The third kappa shape index (κ3) is 2.48. The standard InChI is InChI=1S/C15H17NO/c1-2-3-6-13-9-10-16(11-12-17)15-8-5-4-7-14(13)15/h2-10,17H,11-12H2,1H3/b3-2+,13-6-. The summed E-state index contributed by atoms with van der Waals surface area (Å²) in [7, 11) is 0. The highest BCUT2D eigenvalue weighted by atomic mass is 16.3. The molecule has 0 bridgehead atoms. The van der Waals surface area contributed by atoms with Crippen molar-refractivity contribution in [3.8, 4) is 0 Å². The van der Waals surface area contributed by atoms with E-state index in [1.54, 1.807) is 0 Å². The summed E-state index contributed by atoms with van der Waals surface area (Å²) < 4.78 is 0. The molecular formula is C15H17NO. The first kappa shape index (κ1) is 11.7. The first-order chi connectivity index (χ1) is 8.36. The Morgan fingerprint density at radius 3 is 2.88 bits per heavy atom. The van der Waals surface area contributed by atoms with E-state index in [4.69, 9.17) is 5.11 Å². The van der Waals surface area contributed by atoms with Crippen molar-refractivity contribution in [3.05, 3.63) is 60.3 Å². The largest absolute Gasteiger partial charge is 0.395 e. The highest BCUT2D eigenvalue weighted by Gasteiger charge is 2.14. The third-order valence-corrected chi connectivity index (χ3v) is 2.77. The second-order valence-electron chi connectivity index (χ2n) is 3.90. The molecule has 0 atom stereocenters. The molecule has 1 aromatic rings. The van der Waals surface area contributed by atoms with Crippen molar-refractivity contribution in [1.29, 1.82) is 0 Å². The fourth-order valence-corrected chi connectivity index (χ4v) is 1.96. The van der Waals surface area contributed by atoms with E-state index >= 15 is 0 Å². The van der Waals surface area contributed by atoms with Crippen molar-refractivity contribution in [1.82, 2.24) is 0 Å². The predicted octanol–water partition coefficient (Wildman–Crippen LogP) is 2.97. The summed E-state index contributed by atoms with van der Waals surface area (Å²) in [6.45, 7) is 2.80. The number of nitrogens with zero attached hydrogens (tertiary/aromatic N) is 1. The monoisotopic (exact) mass is 227 g/mol. The van der Waals surface area contributed by atoms with E-state index in [0.29, 0.717) is 6.54 Å². The zero-order chi connectivity index (χ0) is 12.1. The fraction of sp³-hybridized carbons (Fsp3) is 0.200. The number of hydrogen-bond acceptors (Lipinski definition) is 2. The summed E-state index contributed by atoms with van der Waals surface area (Å²) in [4.78, 5) is 2.07. The molecule has 0 amide bonds. The van der Waals surface area contributed by atoms with E-state index in [1.807, 2.05) is 37.4 Å². The number of allylic oxidation sites excluding steroid dienone is 5. The van der Waals surface area contributed by atoms with Crippen LogP contribution in [0, 0.1) is 0 Å². The summed E-state index contributed by atoms with van der Waals surface area (Å²) >= 11 is 0. The molecule has 0 saturated carbocycles. The fourth-order valence-electron chi connectivity index (χ4n) is 1.96. The second kappa shape index (κ2) is 5.51. The lowest BCUT2D eigenvalue weighted by atomic mass is 9.99. The Kier molecular flexibility index (Phi) is 3.78. The lowest BCUT2D eigenvalue weighted by Crippen LogP contribution is -2.23. The van der Waals surface area contributed by atoms with Gasteiger partial charge in [-0.1, -0.05) is 36.4 Å². The van der Waals surface area contributed by atoms with Gasteiger partial charge in [0.2, 0.25) is 0 Å². The first-order valence-corrected chi connectivity index (χ1v) is 5.85. The highest BCUT2D eigenvalue weighted by molar-refractivity contribution is 5.86. The molecule has 1 aliphatic rings. The number of aliphatic hydroxyl groups is 1. The van der Waals surface area contributed by atoms with Crippen LogP contribution in [0.3, 0.4) is 0 Å². The van der Waals surface area contributed by atoms with Crippen LogP contribution < -0.4 is 4.90 Å². The number of benzene rings is 1. The number of β-amino-alcohol motifs (C(OH)–C–C–N with tert-alkyl or cyclic N) is 1. The third-order valence-electron chi connectivity index (χ3n) is 2.77. The minimum Gasteiger partial charge on any atom is -0.395 e. The van der Waals surface area contributed by atoms with Crippen LogP contribution in [0.4, 0.5) is 5.69 Å². The molecule has 2 rings (SSSR count). The molecule has 1 aromatic carbocycles. The van der Waals surface area contributed by atoms with Crippen LogP contribution >= 0.6 is 0 Å². The van der Waals surface area contributed by atoms with E-state index in [-0.39, 0.29) is 6.61 Å². The number of para-hydroxylation sites is 1. The Morgan fingerprint density at radius 1 is 1.29 bits per heavy atom. The molecule has 1 aliphatic heterocycles. The summed E-state index contributed by atoms with van der Waals surface area (Å²) in [5.41, 5.74) is 3.56. The first-order valence-electron chi connectivity index (χ1n) is 5.85. The Balaban J connectivity index is 2.42. The summed E-state index contributed by atoms with van der Waals surface area (Å²) in [6.07, 6.45) is 10.3. The molecule has 0 unspecified atom stereocenters. The summed E-state index contributed by atoms with van der Waals surface area (Å²) in [6, 6.07) is 8.25. The molecule has 1 N–H and O–H groups in total. The second-order valence-corrected chi connectivity index (χ2v) is 3.90. The van der Waals surface area contributed by atoms with Gasteiger partial charge in [0, 0.05) is 24.0 Å². The van der Waals surface area contributed by atoms with Gasteiger partial charge < -0.3 is 10.0 Å². The van der Waals surface area contributed by atoms with Gasteiger partial charge >= 0.3 is 0 Å². The lowest BCUT2D eigenvalue weighted by Gasteiger charge is -2.26. The van der Waals surface area contributed by atoms with E-state index in [1.165, 1.54) is 11.1 Å². The molecule has 17 heavy (non-hydrogen) atoms. The molecule has 2 nitrogen and oxygen atoms in total. The maximum atomic E-state index is 9.05. The van der Waals surface area contributed by atoms with Crippen LogP contribution in [0.1, 0.15) is 12.5 Å². The quantitative estimate of drug-likeness (QED) is 0.858. The van der Waals surface area contributed by atoms with Gasteiger partial charge in [0.15, 0.2) is 0 Å². The zero-order valence-electron chi connectivity index (χ0n) is 10.0. The van der Waals surface area contributed by atoms with Crippen LogP contribution in [0.25, 0.3) is 5.57 Å². The van der Waals surface area contributed by atoms with Crippen molar-refractivity contribution in [2.45, 2.75) is 6.92 Å². The highest BCUT2D eigenvalue weighted by Crippen LogP contribution is 2.32. The van der Waals surface area contributed by atoms with E-state index < -0.39 is 0 Å². The van der Waals surface area contributed by atoms with E-state index in [9.17, 15) is 0 Å². The number of rotatable bonds is 3. The normalized spacial score (nSPS) is 16.8. The van der Waals surface area contributed by atoms with Crippen molar-refractivity contribution in [2.75, 3.05) is 18.1 Å². The predicted molar refractivity (Wildman–Crippen MR) is 72.8 cm³/mol. The molecule has 1 heterocycles. The summed E-state index contributed by atoms with van der Waals surface area (Å²) in [5, 5.41) is 9.05. The molecule has 0 spiro atoms. The average molecular weight is 227 g/mol. The Bertz CT molecular complexity index is 472. The van der Waals surface area contributed by atoms with Crippen molar-refractivity contribution < 1.29 is 5.11 Å². The zero-order valence-corrected chi connectivity index (χ0v) is 10.0. The van der Waals surface area contributed by atoms with E-state index in [0.717, 1.165) is 5.69 Å². The van der Waals surface area contributed by atoms with Crippen molar-refractivity contribution in [3.63, 3.8) is 0 Å². The molecule has 0 aliphatic carbocycles. The number of anilines is 1. The molecule has 0 saturated heterocycles. The van der Waals surface area contributed by atoms with Crippen LogP contribution in [-0.4, -0.2) is 18.3 Å². The van der Waals surface area contributed by atoms with Gasteiger partial charge in [0.05, 0.1) is 6.61 Å². The van der Waals surface area contributed by atoms with Gasteiger partial charge in [0.25, 0.3) is 0 Å². The minimum absolute atomic E-state index is 0.159. The van der Waals surface area contributed by atoms with E-state index in [2.05, 4.69) is 29.2 Å². The minimum atomic E-state index is 0.159. The van der Waals surface area contributed by atoms with Gasteiger partial charge in [-0.05, 0) is 24.6 Å². The Hall–Kier alpha value is -1.80. The van der Waals surface area contributed by atoms with Gasteiger partial charge in [-0.25, -0.2) is 0 Å². The summed E-state index contributed by atoms with van der Waals surface area (Å²) in [5.74, 6) is 0. The molecule has 2 heteroatoms. The van der Waals surface area contributed by atoms with Crippen molar-refractivity contribution >= 4 is 11.3 Å². The van der Waals surface area contributed by atoms with Crippen LogP contribution in [-0.2, 0) is 0 Å². The molecule has 0 aromatic heterocycles. The Morgan fingerprint density at radius 2 is 2.12 bits per heavy atom. The van der Waals surface area contributed by atoms with Gasteiger partial charge in [0.1, 0.15) is 0 Å². The molecular weight excluding hydrogens is 210 g/mol. The molecule has 0 radical (unpaired) electrons. The van der Waals surface area contributed by atoms with Crippen LogP contribution in [0.15, 0.2) is 54.8 Å². The maximum Gasteiger partial charge on any atom is 0.0610 e. The van der Waals surface area contributed by atoms with Gasteiger partial charge in [-0.15, -0.1) is 0 Å². The van der Waals surface area contributed by atoms with Crippen LogP contribution in [0.2, 0.25) is 0 Å². The van der Waals surface area contributed by atoms with Crippen LogP contribution in [0.5, 0.6) is 0 Å². The van der Waals surface area contributed by atoms with Crippen molar-refractivity contribution in [2.24, 2.45) is 0 Å². The topological polar surface area (TPSA) is 23.5 Å². The average Bonchev–Trinajstić information content (AvgIpc) is 2.38. The lowest BCUT2D eigenvalue weighted by molar-refractivity contribution is 0.305.